The second kappa shape index (κ2) is 6.52. The number of fused-ring (bicyclic) bond motifs is 1. The monoisotopic (exact) mass is 357 g/mol. The van der Waals surface area contributed by atoms with Gasteiger partial charge in [0.2, 0.25) is 5.78 Å². The summed E-state index contributed by atoms with van der Waals surface area (Å²) in [5.41, 5.74) is 2.70. The number of methoxy groups -OCH3 is 1. The van der Waals surface area contributed by atoms with Gasteiger partial charge in [0, 0.05) is 17.7 Å². The van der Waals surface area contributed by atoms with Crippen LogP contribution in [-0.2, 0) is 11.2 Å². The molecule has 0 spiro atoms. The molecule has 1 aromatic carbocycles. The molecule has 0 atom stereocenters. The number of carbonyl (C=O) groups is 2. The molecule has 2 aromatic rings. The van der Waals surface area contributed by atoms with Crippen molar-refractivity contribution >= 4 is 11.8 Å². The van der Waals surface area contributed by atoms with Crippen LogP contribution in [0.5, 0.6) is 11.5 Å². The van der Waals surface area contributed by atoms with E-state index in [0.717, 1.165) is 12.0 Å². The Bertz CT molecular complexity index is 879. The van der Waals surface area contributed by atoms with Crippen LogP contribution in [0, 0.1) is 13.8 Å². The first-order valence-corrected chi connectivity index (χ1v) is 8.48. The molecular formula is C20H23NO5. The van der Waals surface area contributed by atoms with E-state index < -0.39 is 5.97 Å². The highest BCUT2D eigenvalue weighted by Gasteiger charge is 2.32. The number of rotatable bonds is 5. The predicted octanol–water partition coefficient (Wildman–Crippen LogP) is 3.39. The van der Waals surface area contributed by atoms with Crippen LogP contribution >= 0.6 is 0 Å². The Hall–Kier alpha value is -2.76. The summed E-state index contributed by atoms with van der Waals surface area (Å²) < 4.78 is 16.5. The molecule has 1 aromatic heterocycles. The number of esters is 1. The lowest BCUT2D eigenvalue weighted by Gasteiger charge is -2.18. The van der Waals surface area contributed by atoms with E-state index in [2.05, 4.69) is 4.98 Å². The number of H-pyrrole nitrogens is 1. The summed E-state index contributed by atoms with van der Waals surface area (Å²) in [6.45, 7) is 7.33. The van der Waals surface area contributed by atoms with Gasteiger partial charge in [0.05, 0.1) is 18.4 Å². The van der Waals surface area contributed by atoms with E-state index in [4.69, 9.17) is 14.2 Å². The Morgan fingerprint density at radius 1 is 1.27 bits per heavy atom. The molecule has 0 saturated heterocycles. The Morgan fingerprint density at radius 2 is 2.00 bits per heavy atom. The van der Waals surface area contributed by atoms with Gasteiger partial charge >= 0.3 is 5.97 Å². The number of Topliss-reactive ketones (excluding diaryl/α,β-unsaturated/α-hetero) is 1. The number of nitrogens with one attached hydrogen (secondary N) is 1. The smallest absolute Gasteiger partial charge is 0.339 e. The second-order valence-electron chi connectivity index (χ2n) is 7.11. The van der Waals surface area contributed by atoms with Crippen molar-refractivity contribution in [2.24, 2.45) is 0 Å². The minimum absolute atomic E-state index is 0.151. The summed E-state index contributed by atoms with van der Waals surface area (Å²) >= 11 is 0. The molecule has 1 aliphatic heterocycles. The SMILES string of the molecule is COC(=O)c1c(C)[nH]c(C(=O)COc2cccc3c2OC(C)(C)C3)c1C. The Labute approximate surface area is 152 Å². The van der Waals surface area contributed by atoms with E-state index >= 15 is 0 Å². The summed E-state index contributed by atoms with van der Waals surface area (Å²) in [6.07, 6.45) is 0.797. The molecule has 138 valence electrons. The summed E-state index contributed by atoms with van der Waals surface area (Å²) in [5, 5.41) is 0. The highest BCUT2D eigenvalue weighted by atomic mass is 16.5. The molecule has 26 heavy (non-hydrogen) atoms. The molecule has 1 aliphatic rings. The van der Waals surface area contributed by atoms with Crippen molar-refractivity contribution in [3.8, 4) is 11.5 Å². The number of para-hydroxylation sites is 1. The third kappa shape index (κ3) is 3.19. The average Bonchev–Trinajstić information content (AvgIpc) is 3.06. The summed E-state index contributed by atoms with van der Waals surface area (Å²) in [7, 11) is 1.32. The first-order chi connectivity index (χ1) is 12.2. The van der Waals surface area contributed by atoms with Crippen LogP contribution in [0.4, 0.5) is 0 Å². The van der Waals surface area contributed by atoms with Gasteiger partial charge in [-0.3, -0.25) is 4.79 Å². The Kier molecular flexibility index (Phi) is 4.52. The maximum atomic E-state index is 12.6. The summed E-state index contributed by atoms with van der Waals surface area (Å²) in [4.78, 5) is 27.4. The van der Waals surface area contributed by atoms with E-state index in [9.17, 15) is 9.59 Å². The molecular weight excluding hydrogens is 334 g/mol. The number of aryl methyl sites for hydroxylation is 1. The van der Waals surface area contributed by atoms with E-state index in [1.165, 1.54) is 7.11 Å². The van der Waals surface area contributed by atoms with Gasteiger partial charge in [-0.15, -0.1) is 0 Å². The highest BCUT2D eigenvalue weighted by molar-refractivity contribution is 6.02. The predicted molar refractivity (Wildman–Crippen MR) is 96.3 cm³/mol. The van der Waals surface area contributed by atoms with Crippen molar-refractivity contribution < 1.29 is 23.8 Å². The Balaban J connectivity index is 1.78. The number of benzene rings is 1. The van der Waals surface area contributed by atoms with Crippen LogP contribution in [0.3, 0.4) is 0 Å². The van der Waals surface area contributed by atoms with Crippen molar-refractivity contribution in [2.75, 3.05) is 13.7 Å². The van der Waals surface area contributed by atoms with Crippen molar-refractivity contribution in [1.29, 1.82) is 0 Å². The lowest BCUT2D eigenvalue weighted by molar-refractivity contribution is 0.0599. The summed E-state index contributed by atoms with van der Waals surface area (Å²) in [6, 6.07) is 5.68. The molecule has 0 amide bonds. The number of ether oxygens (including phenoxy) is 3. The molecule has 3 rings (SSSR count). The van der Waals surface area contributed by atoms with E-state index in [0.29, 0.717) is 34.0 Å². The normalized spacial score (nSPS) is 14.5. The molecule has 0 radical (unpaired) electrons. The molecule has 0 saturated carbocycles. The second-order valence-corrected chi connectivity index (χ2v) is 7.11. The molecule has 6 heteroatoms. The standard InChI is InChI=1S/C20H23NO5/c1-11-16(19(23)24-5)12(2)21-17(11)14(22)10-25-15-8-6-7-13-9-20(3,4)26-18(13)15/h6-8,21H,9-10H2,1-5H3. The van der Waals surface area contributed by atoms with Crippen LogP contribution in [0.15, 0.2) is 18.2 Å². The lowest BCUT2D eigenvalue weighted by atomic mass is 10.0. The zero-order chi connectivity index (χ0) is 19.1. The number of aromatic amines is 1. The molecule has 0 unspecified atom stereocenters. The largest absolute Gasteiger partial charge is 0.483 e. The number of ketones is 1. The van der Waals surface area contributed by atoms with Gasteiger partial charge in [0.1, 0.15) is 5.60 Å². The number of carbonyl (C=O) groups excluding carboxylic acids is 2. The first kappa shape index (κ1) is 18.0. The van der Waals surface area contributed by atoms with E-state index in [1.807, 2.05) is 26.0 Å². The van der Waals surface area contributed by atoms with Gasteiger partial charge in [0.25, 0.3) is 0 Å². The van der Waals surface area contributed by atoms with Crippen LogP contribution < -0.4 is 9.47 Å². The molecule has 0 aliphatic carbocycles. The zero-order valence-electron chi connectivity index (χ0n) is 15.7. The molecule has 1 N–H and O–H groups in total. The third-order valence-corrected chi connectivity index (χ3v) is 4.52. The van der Waals surface area contributed by atoms with Gasteiger partial charge in [-0.2, -0.15) is 0 Å². The van der Waals surface area contributed by atoms with Gasteiger partial charge < -0.3 is 19.2 Å². The zero-order valence-corrected chi connectivity index (χ0v) is 15.7. The van der Waals surface area contributed by atoms with Crippen molar-refractivity contribution in [3.63, 3.8) is 0 Å². The van der Waals surface area contributed by atoms with Crippen LogP contribution in [0.1, 0.15) is 51.5 Å². The van der Waals surface area contributed by atoms with Crippen molar-refractivity contribution in [1.82, 2.24) is 4.98 Å². The summed E-state index contributed by atoms with van der Waals surface area (Å²) in [5.74, 6) is 0.541. The van der Waals surface area contributed by atoms with Gasteiger partial charge in [0.15, 0.2) is 18.1 Å². The van der Waals surface area contributed by atoms with Gasteiger partial charge in [-0.25, -0.2) is 4.79 Å². The van der Waals surface area contributed by atoms with Gasteiger partial charge in [-0.1, -0.05) is 12.1 Å². The fourth-order valence-corrected chi connectivity index (χ4v) is 3.35. The minimum Gasteiger partial charge on any atom is -0.483 e. The average molecular weight is 357 g/mol. The van der Waals surface area contributed by atoms with Crippen molar-refractivity contribution in [2.45, 2.75) is 39.7 Å². The topological polar surface area (TPSA) is 77.6 Å². The van der Waals surface area contributed by atoms with Gasteiger partial charge in [-0.05, 0) is 39.3 Å². The molecule has 0 bridgehead atoms. The number of hydrogen-bond acceptors (Lipinski definition) is 5. The highest BCUT2D eigenvalue weighted by Crippen LogP contribution is 2.41. The van der Waals surface area contributed by atoms with Crippen LogP contribution in [-0.4, -0.2) is 36.1 Å². The van der Waals surface area contributed by atoms with Crippen LogP contribution in [0.2, 0.25) is 0 Å². The molecule has 6 nitrogen and oxygen atoms in total. The van der Waals surface area contributed by atoms with E-state index in [-0.39, 0.29) is 18.0 Å². The minimum atomic E-state index is -0.465. The van der Waals surface area contributed by atoms with E-state index in [1.54, 1.807) is 19.9 Å². The first-order valence-electron chi connectivity index (χ1n) is 8.48. The molecule has 0 fully saturated rings. The maximum Gasteiger partial charge on any atom is 0.339 e. The van der Waals surface area contributed by atoms with Crippen LogP contribution in [0.25, 0.3) is 0 Å². The quantitative estimate of drug-likeness (QED) is 0.655. The fourth-order valence-electron chi connectivity index (χ4n) is 3.35. The lowest BCUT2D eigenvalue weighted by Crippen LogP contribution is -2.24. The Morgan fingerprint density at radius 3 is 2.69 bits per heavy atom. The molecule has 2 heterocycles. The fraction of sp³-hybridized carbons (Fsp3) is 0.400. The maximum absolute atomic E-state index is 12.6. The van der Waals surface area contributed by atoms with Crippen molar-refractivity contribution in [3.05, 3.63) is 46.3 Å². The number of hydrogen-bond donors (Lipinski definition) is 1. The number of aromatic nitrogens is 1. The third-order valence-electron chi connectivity index (χ3n) is 4.52.